The van der Waals surface area contributed by atoms with E-state index >= 15 is 0 Å². The van der Waals surface area contributed by atoms with Crippen LogP contribution in [-0.2, 0) is 19.0 Å². The summed E-state index contributed by atoms with van der Waals surface area (Å²) < 4.78 is 51.9. The second-order valence-corrected chi connectivity index (χ2v) is 8.45. The van der Waals surface area contributed by atoms with Crippen LogP contribution < -0.4 is 5.32 Å². The number of alkyl halides is 4. The van der Waals surface area contributed by atoms with Gasteiger partial charge < -0.3 is 10.3 Å². The fraction of sp³-hybridized carbons (Fsp3) is 0.333. The van der Waals surface area contributed by atoms with Crippen LogP contribution in [0.25, 0.3) is 10.9 Å². The van der Waals surface area contributed by atoms with Crippen LogP contribution >= 0.6 is 0 Å². The molecule has 2 N–H and O–H groups in total. The van der Waals surface area contributed by atoms with Crippen LogP contribution in [0.15, 0.2) is 60.9 Å². The number of allylic oxidation sites excluding steroid dienone is 1. The SMILES string of the molecule is C=C(Nc1c[nH]c2ccc(CCc3ccc(C(F)(F)F)cc3)cc12)C1CC(C)(F)C1. The maximum Gasteiger partial charge on any atom is 0.416 e. The molecule has 4 rings (SSSR count). The zero-order chi connectivity index (χ0) is 21.5. The van der Waals surface area contributed by atoms with Crippen molar-refractivity contribution < 1.29 is 17.6 Å². The molecule has 1 aliphatic rings. The number of aromatic amines is 1. The lowest BCUT2D eigenvalue weighted by atomic mass is 9.72. The molecule has 1 heterocycles. The molecule has 0 bridgehead atoms. The van der Waals surface area contributed by atoms with Gasteiger partial charge in [-0.05, 0) is 68.0 Å². The molecule has 0 radical (unpaired) electrons. The van der Waals surface area contributed by atoms with Gasteiger partial charge in [0.25, 0.3) is 0 Å². The van der Waals surface area contributed by atoms with Crippen LogP contribution in [-0.4, -0.2) is 10.7 Å². The molecule has 1 fully saturated rings. The molecule has 0 atom stereocenters. The summed E-state index contributed by atoms with van der Waals surface area (Å²) in [6.45, 7) is 5.69. The molecular formula is C24H24F4N2. The molecule has 0 saturated heterocycles. The number of hydrogen-bond donors (Lipinski definition) is 2. The van der Waals surface area contributed by atoms with Gasteiger partial charge in [-0.3, -0.25) is 0 Å². The number of H-pyrrole nitrogens is 1. The van der Waals surface area contributed by atoms with E-state index in [0.717, 1.165) is 52.0 Å². The molecule has 158 valence electrons. The van der Waals surface area contributed by atoms with Gasteiger partial charge in [0, 0.05) is 28.7 Å². The van der Waals surface area contributed by atoms with Gasteiger partial charge in [0.15, 0.2) is 0 Å². The van der Waals surface area contributed by atoms with Crippen LogP contribution in [0.4, 0.5) is 23.2 Å². The number of halogens is 4. The van der Waals surface area contributed by atoms with E-state index < -0.39 is 17.4 Å². The lowest BCUT2D eigenvalue weighted by Gasteiger charge is -2.39. The molecule has 0 spiro atoms. The summed E-state index contributed by atoms with van der Waals surface area (Å²) in [5.74, 6) is 0.132. The molecule has 30 heavy (non-hydrogen) atoms. The highest BCUT2D eigenvalue weighted by Crippen LogP contribution is 2.44. The first kappa shape index (κ1) is 20.5. The molecule has 2 aromatic carbocycles. The predicted molar refractivity (Wildman–Crippen MR) is 112 cm³/mol. The summed E-state index contributed by atoms with van der Waals surface area (Å²) >= 11 is 0. The highest BCUT2D eigenvalue weighted by molar-refractivity contribution is 5.93. The Morgan fingerprint density at radius 1 is 1.10 bits per heavy atom. The van der Waals surface area contributed by atoms with Crippen molar-refractivity contribution in [2.75, 3.05) is 5.32 Å². The number of aromatic nitrogens is 1. The second kappa shape index (κ2) is 7.49. The normalized spacial score (nSPS) is 21.4. The summed E-state index contributed by atoms with van der Waals surface area (Å²) in [4.78, 5) is 3.22. The van der Waals surface area contributed by atoms with Crippen LogP contribution in [0.5, 0.6) is 0 Å². The summed E-state index contributed by atoms with van der Waals surface area (Å²) in [5, 5.41) is 4.34. The van der Waals surface area contributed by atoms with Crippen molar-refractivity contribution >= 4 is 16.6 Å². The van der Waals surface area contributed by atoms with E-state index in [2.05, 4.69) is 22.9 Å². The lowest BCUT2D eigenvalue weighted by molar-refractivity contribution is -0.137. The third kappa shape index (κ3) is 4.37. The van der Waals surface area contributed by atoms with Crippen molar-refractivity contribution in [3.63, 3.8) is 0 Å². The third-order valence-electron chi connectivity index (χ3n) is 5.86. The van der Waals surface area contributed by atoms with E-state index in [1.165, 1.54) is 12.1 Å². The van der Waals surface area contributed by atoms with Crippen LogP contribution in [0.1, 0.15) is 36.5 Å². The Morgan fingerprint density at radius 3 is 2.37 bits per heavy atom. The van der Waals surface area contributed by atoms with Crippen molar-refractivity contribution in [2.24, 2.45) is 5.92 Å². The number of rotatable bonds is 6. The summed E-state index contributed by atoms with van der Waals surface area (Å²) in [5.41, 5.74) is 2.93. The van der Waals surface area contributed by atoms with Gasteiger partial charge in [0.05, 0.1) is 11.3 Å². The zero-order valence-corrected chi connectivity index (χ0v) is 16.7. The van der Waals surface area contributed by atoms with Crippen molar-refractivity contribution in [1.82, 2.24) is 4.98 Å². The molecule has 2 nitrogen and oxygen atoms in total. The Labute approximate surface area is 173 Å². The van der Waals surface area contributed by atoms with Crippen molar-refractivity contribution in [2.45, 2.75) is 44.5 Å². The monoisotopic (exact) mass is 416 g/mol. The number of anilines is 1. The topological polar surface area (TPSA) is 27.8 Å². The molecule has 0 amide bonds. The van der Waals surface area contributed by atoms with E-state index in [1.807, 2.05) is 18.3 Å². The Morgan fingerprint density at radius 2 is 1.73 bits per heavy atom. The number of hydrogen-bond acceptors (Lipinski definition) is 1. The van der Waals surface area contributed by atoms with Gasteiger partial charge in [-0.25, -0.2) is 4.39 Å². The van der Waals surface area contributed by atoms with Gasteiger partial charge in [0.2, 0.25) is 0 Å². The number of aryl methyl sites for hydroxylation is 2. The largest absolute Gasteiger partial charge is 0.416 e. The third-order valence-corrected chi connectivity index (χ3v) is 5.86. The molecule has 3 aromatic rings. The van der Waals surface area contributed by atoms with Crippen molar-refractivity contribution in [3.8, 4) is 0 Å². The minimum atomic E-state index is -4.31. The van der Waals surface area contributed by atoms with Crippen molar-refractivity contribution in [1.29, 1.82) is 0 Å². The Balaban J connectivity index is 1.43. The van der Waals surface area contributed by atoms with E-state index in [0.29, 0.717) is 19.3 Å². The maximum atomic E-state index is 13.8. The quantitative estimate of drug-likeness (QED) is 0.415. The predicted octanol–water partition coefficient (Wildman–Crippen LogP) is 7.04. The minimum absolute atomic E-state index is 0.132. The standard InChI is InChI=1S/C24H24F4N2/c1-15(18-12-23(2,25)13-18)30-22-14-29-21-10-7-17(11-20(21)22)4-3-16-5-8-19(9-6-16)24(26,27)28/h5-11,14,18,29-30H,1,3-4,12-13H2,2H3. The van der Waals surface area contributed by atoms with E-state index in [1.54, 1.807) is 6.92 Å². The number of fused-ring (bicyclic) bond motifs is 1. The zero-order valence-electron chi connectivity index (χ0n) is 16.7. The second-order valence-electron chi connectivity index (χ2n) is 8.45. The van der Waals surface area contributed by atoms with E-state index in [-0.39, 0.29) is 5.92 Å². The van der Waals surface area contributed by atoms with Gasteiger partial charge in [-0.1, -0.05) is 24.8 Å². The summed E-state index contributed by atoms with van der Waals surface area (Å²) in [6.07, 6.45) is -0.0914. The fourth-order valence-corrected chi connectivity index (χ4v) is 4.06. The molecular weight excluding hydrogens is 392 g/mol. The van der Waals surface area contributed by atoms with Gasteiger partial charge >= 0.3 is 6.18 Å². The average molecular weight is 416 g/mol. The molecule has 1 aromatic heterocycles. The summed E-state index contributed by atoms with van der Waals surface area (Å²) in [6, 6.07) is 11.4. The van der Waals surface area contributed by atoms with Gasteiger partial charge in [-0.15, -0.1) is 0 Å². The molecule has 0 unspecified atom stereocenters. The Kier molecular flexibility index (Phi) is 5.12. The van der Waals surface area contributed by atoms with E-state index in [9.17, 15) is 17.6 Å². The molecule has 6 heteroatoms. The number of benzene rings is 2. The van der Waals surface area contributed by atoms with Crippen molar-refractivity contribution in [3.05, 3.63) is 77.6 Å². The Hall–Kier alpha value is -2.76. The smallest absolute Gasteiger partial charge is 0.359 e. The van der Waals surface area contributed by atoms with Crippen LogP contribution in [0.3, 0.4) is 0 Å². The fourth-order valence-electron chi connectivity index (χ4n) is 4.06. The highest BCUT2D eigenvalue weighted by Gasteiger charge is 2.41. The first-order valence-electron chi connectivity index (χ1n) is 10.0. The molecule has 1 aliphatic carbocycles. The first-order valence-corrected chi connectivity index (χ1v) is 10.0. The summed E-state index contributed by atoms with van der Waals surface area (Å²) in [7, 11) is 0. The van der Waals surface area contributed by atoms with Gasteiger partial charge in [-0.2, -0.15) is 13.2 Å². The van der Waals surface area contributed by atoms with E-state index in [4.69, 9.17) is 0 Å². The minimum Gasteiger partial charge on any atom is -0.359 e. The lowest BCUT2D eigenvalue weighted by Crippen LogP contribution is -2.38. The molecule has 0 aliphatic heterocycles. The van der Waals surface area contributed by atoms with Crippen LogP contribution in [0.2, 0.25) is 0 Å². The molecule has 1 saturated carbocycles. The maximum absolute atomic E-state index is 13.8. The van der Waals surface area contributed by atoms with Gasteiger partial charge in [0.1, 0.15) is 5.67 Å². The van der Waals surface area contributed by atoms with Crippen LogP contribution in [0, 0.1) is 5.92 Å². The first-order chi connectivity index (χ1) is 14.1. The average Bonchev–Trinajstić information content (AvgIpc) is 3.06. The highest BCUT2D eigenvalue weighted by atomic mass is 19.4. The number of nitrogens with one attached hydrogen (secondary N) is 2. The Bertz CT molecular complexity index is 1050.